The quantitative estimate of drug-likeness (QED) is 0.510. The van der Waals surface area contributed by atoms with Crippen LogP contribution in [0.4, 0.5) is 13.2 Å². The summed E-state index contributed by atoms with van der Waals surface area (Å²) in [4.78, 5) is 0. The second-order valence-corrected chi connectivity index (χ2v) is 9.44. The first-order valence-corrected chi connectivity index (χ1v) is 9.44. The number of unbranched alkanes of at least 4 members (excludes halogenated alkanes) is 3. The molecule has 1 heterocycles. The summed E-state index contributed by atoms with van der Waals surface area (Å²) in [6.07, 6.45) is -0.337. The van der Waals surface area contributed by atoms with E-state index in [-0.39, 0.29) is 6.42 Å². The highest BCUT2D eigenvalue weighted by atomic mass is 28.4. The number of halogens is 3. The smallest absolute Gasteiger partial charge is 0.405 e. The Morgan fingerprint density at radius 2 is 1.94 bits per heavy atom. The molecule has 0 aliphatic carbocycles. The van der Waals surface area contributed by atoms with Gasteiger partial charge in [0.25, 0.3) is 0 Å². The van der Waals surface area contributed by atoms with Crippen LogP contribution in [0.15, 0.2) is 0 Å². The highest BCUT2D eigenvalue weighted by Crippen LogP contribution is 2.37. The van der Waals surface area contributed by atoms with Crippen molar-refractivity contribution in [2.24, 2.45) is 0 Å². The van der Waals surface area contributed by atoms with Crippen LogP contribution in [0.25, 0.3) is 0 Å². The third-order valence-corrected chi connectivity index (χ3v) is 7.20. The lowest BCUT2D eigenvalue weighted by Crippen LogP contribution is -2.47. The van der Waals surface area contributed by atoms with Gasteiger partial charge in [0.15, 0.2) is 8.32 Å². The molecule has 102 valence electrons. The van der Waals surface area contributed by atoms with Gasteiger partial charge >= 0.3 is 6.18 Å². The fourth-order valence-corrected chi connectivity index (χ4v) is 5.84. The number of hydrogen-bond acceptors (Lipinski definition) is 1. The lowest BCUT2D eigenvalue weighted by molar-refractivity contribution is -0.202. The molecule has 1 nitrogen and oxygen atoms in total. The predicted molar refractivity (Wildman–Crippen MR) is 65.5 cm³/mol. The number of hydrogen-bond donors (Lipinski definition) is 0. The van der Waals surface area contributed by atoms with E-state index >= 15 is 0 Å². The second kappa shape index (κ2) is 6.23. The topological polar surface area (TPSA) is 9.23 Å². The average Bonchev–Trinajstić information content (AvgIpc) is 2.23. The van der Waals surface area contributed by atoms with Crippen molar-refractivity contribution in [3.63, 3.8) is 0 Å². The van der Waals surface area contributed by atoms with Crippen molar-refractivity contribution < 1.29 is 17.6 Å². The van der Waals surface area contributed by atoms with Gasteiger partial charge in [-0.1, -0.05) is 39.0 Å². The molecule has 0 spiro atoms. The highest BCUT2D eigenvalue weighted by molar-refractivity contribution is 6.72. The van der Waals surface area contributed by atoms with Crippen LogP contribution in [0, 0.1) is 0 Å². The fraction of sp³-hybridized carbons (Fsp3) is 1.00. The SMILES string of the molecule is CCCCCC[Si]1(C)CCCC(C(F)(F)F)O1. The van der Waals surface area contributed by atoms with Crippen molar-refractivity contribution in [2.45, 2.75) is 76.4 Å². The van der Waals surface area contributed by atoms with Crippen molar-refractivity contribution >= 4 is 8.32 Å². The van der Waals surface area contributed by atoms with E-state index in [0.29, 0.717) is 6.42 Å². The Morgan fingerprint density at radius 3 is 2.53 bits per heavy atom. The summed E-state index contributed by atoms with van der Waals surface area (Å²) in [7, 11) is -2.08. The molecular formula is C12H23F3OSi. The van der Waals surface area contributed by atoms with Gasteiger partial charge in [-0.2, -0.15) is 13.2 Å². The Morgan fingerprint density at radius 1 is 1.24 bits per heavy atom. The summed E-state index contributed by atoms with van der Waals surface area (Å²) in [5, 5.41) is 0. The van der Waals surface area contributed by atoms with Gasteiger partial charge < -0.3 is 4.43 Å². The van der Waals surface area contributed by atoms with Crippen LogP contribution in [-0.2, 0) is 4.43 Å². The highest BCUT2D eigenvalue weighted by Gasteiger charge is 2.47. The molecule has 0 bridgehead atoms. The number of alkyl halides is 3. The van der Waals surface area contributed by atoms with Crippen LogP contribution in [0.1, 0.15) is 45.4 Å². The molecule has 0 amide bonds. The summed E-state index contributed by atoms with van der Waals surface area (Å²) >= 11 is 0. The summed E-state index contributed by atoms with van der Waals surface area (Å²) in [6.45, 7) is 4.10. The molecule has 0 aromatic heterocycles. The van der Waals surface area contributed by atoms with Crippen LogP contribution in [-0.4, -0.2) is 20.6 Å². The van der Waals surface area contributed by atoms with E-state index in [1.54, 1.807) is 0 Å². The lowest BCUT2D eigenvalue weighted by Gasteiger charge is -2.38. The third kappa shape index (κ3) is 5.00. The zero-order valence-corrected chi connectivity index (χ0v) is 11.8. The van der Waals surface area contributed by atoms with Gasteiger partial charge in [-0.15, -0.1) is 0 Å². The van der Waals surface area contributed by atoms with E-state index in [9.17, 15) is 13.2 Å². The van der Waals surface area contributed by atoms with E-state index in [0.717, 1.165) is 31.4 Å². The molecule has 1 saturated heterocycles. The second-order valence-electron chi connectivity index (χ2n) is 5.30. The maximum Gasteiger partial charge on any atom is 0.413 e. The molecule has 2 unspecified atom stereocenters. The van der Waals surface area contributed by atoms with Crippen molar-refractivity contribution in [1.29, 1.82) is 0 Å². The molecule has 5 heteroatoms. The average molecular weight is 268 g/mol. The van der Waals surface area contributed by atoms with Gasteiger partial charge in [0.05, 0.1) is 0 Å². The third-order valence-electron chi connectivity index (χ3n) is 3.52. The van der Waals surface area contributed by atoms with Crippen LogP contribution in [0.3, 0.4) is 0 Å². The molecule has 17 heavy (non-hydrogen) atoms. The van der Waals surface area contributed by atoms with Crippen LogP contribution < -0.4 is 0 Å². The lowest BCUT2D eigenvalue weighted by atomic mass is 10.2. The monoisotopic (exact) mass is 268 g/mol. The standard InChI is InChI=1S/C12H23F3OSi/c1-3-4-5-6-9-17(2)10-7-8-11(16-17)12(13,14)15/h11H,3-10H2,1-2H3. The molecule has 0 aromatic carbocycles. The minimum Gasteiger partial charge on any atom is -0.405 e. The summed E-state index contributed by atoms with van der Waals surface area (Å²) in [6, 6.07) is 1.78. The van der Waals surface area contributed by atoms with Crippen LogP contribution in [0.5, 0.6) is 0 Å². The Balaban J connectivity index is 2.40. The van der Waals surface area contributed by atoms with E-state index in [2.05, 4.69) is 6.92 Å². The zero-order valence-electron chi connectivity index (χ0n) is 10.8. The summed E-state index contributed by atoms with van der Waals surface area (Å²) in [5.74, 6) is 0. The Kier molecular flexibility index (Phi) is 5.50. The van der Waals surface area contributed by atoms with Crippen molar-refractivity contribution in [3.8, 4) is 0 Å². The molecule has 1 aliphatic rings. The molecule has 0 aromatic rings. The number of rotatable bonds is 5. The molecule has 2 atom stereocenters. The summed E-state index contributed by atoms with van der Waals surface area (Å²) < 4.78 is 43.3. The van der Waals surface area contributed by atoms with Gasteiger partial charge in [0.2, 0.25) is 0 Å². The van der Waals surface area contributed by atoms with E-state index < -0.39 is 20.6 Å². The molecule has 0 N–H and O–H groups in total. The predicted octanol–water partition coefficient (Wildman–Crippen LogP) is 4.88. The van der Waals surface area contributed by atoms with Gasteiger partial charge in [0.1, 0.15) is 6.10 Å². The van der Waals surface area contributed by atoms with Gasteiger partial charge in [-0.25, -0.2) is 0 Å². The minimum atomic E-state index is -4.17. The fourth-order valence-electron chi connectivity index (χ4n) is 2.46. The molecule has 0 saturated carbocycles. The summed E-state index contributed by atoms with van der Waals surface area (Å²) in [5.41, 5.74) is 0. The first-order chi connectivity index (χ1) is 7.87. The minimum absolute atomic E-state index is 0.154. The zero-order chi connectivity index (χ0) is 12.9. The molecule has 1 aliphatic heterocycles. The van der Waals surface area contributed by atoms with E-state index in [4.69, 9.17) is 4.43 Å². The molecule has 0 radical (unpaired) electrons. The largest absolute Gasteiger partial charge is 0.413 e. The molecule has 1 fully saturated rings. The Hall–Kier alpha value is -0.0331. The van der Waals surface area contributed by atoms with Crippen molar-refractivity contribution in [1.82, 2.24) is 0 Å². The molecular weight excluding hydrogens is 245 g/mol. The maximum atomic E-state index is 12.6. The van der Waals surface area contributed by atoms with Gasteiger partial charge in [-0.3, -0.25) is 0 Å². The normalized spacial score (nSPS) is 30.5. The Bertz CT molecular complexity index is 232. The molecule has 1 rings (SSSR count). The van der Waals surface area contributed by atoms with Crippen LogP contribution in [0.2, 0.25) is 18.6 Å². The van der Waals surface area contributed by atoms with Crippen LogP contribution >= 0.6 is 0 Å². The maximum absolute atomic E-state index is 12.6. The van der Waals surface area contributed by atoms with Crippen molar-refractivity contribution in [3.05, 3.63) is 0 Å². The van der Waals surface area contributed by atoms with E-state index in [1.165, 1.54) is 6.42 Å². The first kappa shape index (κ1) is 15.0. The van der Waals surface area contributed by atoms with E-state index in [1.807, 2.05) is 6.55 Å². The van der Waals surface area contributed by atoms with Crippen molar-refractivity contribution in [2.75, 3.05) is 0 Å². The Labute approximate surface area is 103 Å². The van der Waals surface area contributed by atoms with Gasteiger partial charge in [-0.05, 0) is 25.1 Å². The van der Waals surface area contributed by atoms with Gasteiger partial charge in [0, 0.05) is 0 Å². The first-order valence-electron chi connectivity index (χ1n) is 6.62.